The molecule has 0 unspecified atom stereocenters. The van der Waals surface area contributed by atoms with Gasteiger partial charge in [-0.3, -0.25) is 14.9 Å². The van der Waals surface area contributed by atoms with Crippen LogP contribution in [0.1, 0.15) is 15.4 Å². The Morgan fingerprint density at radius 3 is 2.70 bits per heavy atom. The Balaban J connectivity index is 2.15. The monoisotopic (exact) mass is 293 g/mol. The maximum Gasteiger partial charge on any atom is 0.286 e. The van der Waals surface area contributed by atoms with Crippen LogP contribution in [0.5, 0.6) is 0 Å². The SMILES string of the molecule is CNc1nnc(C(=O)Nc2ccc([N+](=O)[O-])c(C)c2)s1. The third kappa shape index (κ3) is 2.88. The van der Waals surface area contributed by atoms with E-state index in [1.165, 1.54) is 18.2 Å². The molecule has 104 valence electrons. The number of hydrogen-bond donors (Lipinski definition) is 2. The van der Waals surface area contributed by atoms with Gasteiger partial charge in [0.2, 0.25) is 10.1 Å². The fourth-order valence-corrected chi connectivity index (χ4v) is 2.13. The molecular formula is C11H11N5O3S. The topological polar surface area (TPSA) is 110 Å². The van der Waals surface area contributed by atoms with Gasteiger partial charge < -0.3 is 10.6 Å². The molecule has 0 atom stereocenters. The molecular weight excluding hydrogens is 282 g/mol. The van der Waals surface area contributed by atoms with Crippen molar-refractivity contribution in [2.45, 2.75) is 6.92 Å². The molecule has 2 rings (SSSR count). The van der Waals surface area contributed by atoms with E-state index in [9.17, 15) is 14.9 Å². The summed E-state index contributed by atoms with van der Waals surface area (Å²) in [7, 11) is 1.68. The van der Waals surface area contributed by atoms with E-state index in [2.05, 4.69) is 20.8 Å². The molecule has 0 bridgehead atoms. The van der Waals surface area contributed by atoms with E-state index < -0.39 is 10.8 Å². The Bertz CT molecular complexity index is 670. The molecule has 0 saturated carbocycles. The summed E-state index contributed by atoms with van der Waals surface area (Å²) in [6.45, 7) is 1.61. The van der Waals surface area contributed by atoms with Crippen molar-refractivity contribution in [3.8, 4) is 0 Å². The van der Waals surface area contributed by atoms with Crippen LogP contribution in [0.15, 0.2) is 18.2 Å². The van der Waals surface area contributed by atoms with E-state index in [-0.39, 0.29) is 10.7 Å². The Hall–Kier alpha value is -2.55. The lowest BCUT2D eigenvalue weighted by Crippen LogP contribution is -2.11. The predicted octanol–water partition coefficient (Wildman–Crippen LogP) is 2.05. The molecule has 0 aliphatic carbocycles. The summed E-state index contributed by atoms with van der Waals surface area (Å²) in [6.07, 6.45) is 0. The number of nitrogens with zero attached hydrogens (tertiary/aromatic N) is 3. The van der Waals surface area contributed by atoms with Gasteiger partial charge in [0.25, 0.3) is 11.6 Å². The summed E-state index contributed by atoms with van der Waals surface area (Å²) in [5.41, 5.74) is 0.955. The third-order valence-electron chi connectivity index (χ3n) is 2.48. The van der Waals surface area contributed by atoms with Gasteiger partial charge in [-0.15, -0.1) is 10.2 Å². The van der Waals surface area contributed by atoms with Crippen molar-refractivity contribution < 1.29 is 9.72 Å². The van der Waals surface area contributed by atoms with Crippen LogP contribution in [0, 0.1) is 17.0 Å². The van der Waals surface area contributed by atoms with Crippen molar-refractivity contribution in [1.29, 1.82) is 0 Å². The molecule has 2 aromatic rings. The number of aromatic nitrogens is 2. The molecule has 0 aliphatic heterocycles. The van der Waals surface area contributed by atoms with Gasteiger partial charge in [0, 0.05) is 24.4 Å². The summed E-state index contributed by atoms with van der Waals surface area (Å²) < 4.78 is 0. The average molecular weight is 293 g/mol. The standard InChI is InChI=1S/C11H11N5O3S/c1-6-5-7(3-4-8(6)16(18)19)13-9(17)10-14-15-11(12-2)20-10/h3-5H,1-2H3,(H,12,15)(H,13,17). The van der Waals surface area contributed by atoms with Gasteiger partial charge in [-0.25, -0.2) is 0 Å². The molecule has 1 heterocycles. The average Bonchev–Trinajstić information content (AvgIpc) is 2.87. The van der Waals surface area contributed by atoms with Crippen LogP contribution in [0.25, 0.3) is 0 Å². The van der Waals surface area contributed by atoms with Crippen molar-refractivity contribution in [3.05, 3.63) is 38.9 Å². The number of nitrogens with one attached hydrogen (secondary N) is 2. The molecule has 0 saturated heterocycles. The van der Waals surface area contributed by atoms with Crippen LogP contribution < -0.4 is 10.6 Å². The molecule has 0 radical (unpaired) electrons. The molecule has 8 nitrogen and oxygen atoms in total. The van der Waals surface area contributed by atoms with E-state index in [1.54, 1.807) is 14.0 Å². The summed E-state index contributed by atoms with van der Waals surface area (Å²) in [5, 5.41) is 24.4. The minimum Gasteiger partial charge on any atom is -0.363 e. The lowest BCUT2D eigenvalue weighted by Gasteiger charge is -2.04. The number of anilines is 2. The van der Waals surface area contributed by atoms with E-state index >= 15 is 0 Å². The Morgan fingerprint density at radius 1 is 1.40 bits per heavy atom. The highest BCUT2D eigenvalue weighted by Gasteiger charge is 2.15. The second-order valence-electron chi connectivity index (χ2n) is 3.87. The van der Waals surface area contributed by atoms with Crippen molar-refractivity contribution >= 4 is 33.8 Å². The number of carbonyl (C=O) groups is 1. The Labute approximate surface area is 118 Å². The van der Waals surface area contributed by atoms with Crippen molar-refractivity contribution in [1.82, 2.24) is 10.2 Å². The predicted molar refractivity (Wildman–Crippen MR) is 75.2 cm³/mol. The Kier molecular flexibility index (Phi) is 3.89. The second-order valence-corrected chi connectivity index (χ2v) is 4.85. The number of carbonyl (C=O) groups excluding carboxylic acids is 1. The first-order valence-electron chi connectivity index (χ1n) is 5.59. The largest absolute Gasteiger partial charge is 0.363 e. The third-order valence-corrected chi connectivity index (χ3v) is 3.42. The fourth-order valence-electron chi connectivity index (χ4n) is 1.54. The highest BCUT2D eigenvalue weighted by molar-refractivity contribution is 7.17. The first-order chi connectivity index (χ1) is 9.51. The maximum absolute atomic E-state index is 11.9. The van der Waals surface area contributed by atoms with Gasteiger partial charge in [0.05, 0.1) is 4.92 Å². The molecule has 0 fully saturated rings. The van der Waals surface area contributed by atoms with Crippen molar-refractivity contribution in [3.63, 3.8) is 0 Å². The molecule has 1 amide bonds. The van der Waals surface area contributed by atoms with Crippen LogP contribution in [0.3, 0.4) is 0 Å². The first kappa shape index (κ1) is 13.9. The summed E-state index contributed by atoms with van der Waals surface area (Å²) in [5.74, 6) is -0.405. The van der Waals surface area contributed by atoms with Gasteiger partial charge >= 0.3 is 0 Å². The van der Waals surface area contributed by atoms with Crippen LogP contribution in [0.4, 0.5) is 16.5 Å². The lowest BCUT2D eigenvalue weighted by atomic mass is 10.2. The zero-order chi connectivity index (χ0) is 14.7. The number of hydrogen-bond acceptors (Lipinski definition) is 7. The Morgan fingerprint density at radius 2 is 2.15 bits per heavy atom. The zero-order valence-corrected chi connectivity index (χ0v) is 11.5. The molecule has 1 aromatic carbocycles. The van der Waals surface area contributed by atoms with Crippen molar-refractivity contribution in [2.24, 2.45) is 0 Å². The van der Waals surface area contributed by atoms with Crippen LogP contribution in [0.2, 0.25) is 0 Å². The quantitative estimate of drug-likeness (QED) is 0.659. The molecule has 2 N–H and O–H groups in total. The van der Waals surface area contributed by atoms with Gasteiger partial charge in [-0.2, -0.15) is 0 Å². The fraction of sp³-hybridized carbons (Fsp3) is 0.182. The molecule has 0 aliphatic rings. The van der Waals surface area contributed by atoms with Crippen LogP contribution in [-0.2, 0) is 0 Å². The smallest absolute Gasteiger partial charge is 0.286 e. The summed E-state index contributed by atoms with van der Waals surface area (Å²) in [6, 6.07) is 4.36. The number of aryl methyl sites for hydroxylation is 1. The normalized spacial score (nSPS) is 10.1. The van der Waals surface area contributed by atoms with Gasteiger partial charge in [-0.05, 0) is 19.1 Å². The molecule has 20 heavy (non-hydrogen) atoms. The highest BCUT2D eigenvalue weighted by atomic mass is 32.1. The minimum absolute atomic E-state index is 0.0105. The number of rotatable bonds is 4. The summed E-state index contributed by atoms with van der Waals surface area (Å²) in [4.78, 5) is 22.1. The zero-order valence-electron chi connectivity index (χ0n) is 10.7. The van der Waals surface area contributed by atoms with Crippen LogP contribution >= 0.6 is 11.3 Å². The van der Waals surface area contributed by atoms with E-state index in [1.807, 2.05) is 0 Å². The van der Waals surface area contributed by atoms with Gasteiger partial charge in [0.15, 0.2) is 0 Å². The number of nitro groups is 1. The van der Waals surface area contributed by atoms with E-state index in [4.69, 9.17) is 0 Å². The van der Waals surface area contributed by atoms with Crippen LogP contribution in [-0.4, -0.2) is 28.1 Å². The molecule has 1 aromatic heterocycles. The summed E-state index contributed by atoms with van der Waals surface area (Å²) >= 11 is 1.12. The number of benzene rings is 1. The van der Waals surface area contributed by atoms with Gasteiger partial charge in [0.1, 0.15) is 0 Å². The number of nitro benzene ring substituents is 1. The van der Waals surface area contributed by atoms with E-state index in [0.717, 1.165) is 11.3 Å². The first-order valence-corrected chi connectivity index (χ1v) is 6.40. The molecule has 9 heteroatoms. The number of amides is 1. The van der Waals surface area contributed by atoms with Crippen molar-refractivity contribution in [2.75, 3.05) is 17.7 Å². The van der Waals surface area contributed by atoms with E-state index in [0.29, 0.717) is 16.4 Å². The highest BCUT2D eigenvalue weighted by Crippen LogP contribution is 2.22. The second kappa shape index (κ2) is 5.61. The maximum atomic E-state index is 11.9. The minimum atomic E-state index is -0.467. The lowest BCUT2D eigenvalue weighted by molar-refractivity contribution is -0.385. The van der Waals surface area contributed by atoms with Gasteiger partial charge in [-0.1, -0.05) is 11.3 Å². The molecule has 0 spiro atoms.